The van der Waals surface area contributed by atoms with Gasteiger partial charge in [0.15, 0.2) is 0 Å². The summed E-state index contributed by atoms with van der Waals surface area (Å²) in [6.07, 6.45) is 0. The quantitative estimate of drug-likeness (QED) is 0.887. The number of hydrogen-bond donors (Lipinski definition) is 1. The van der Waals surface area contributed by atoms with Gasteiger partial charge in [-0.2, -0.15) is 0 Å². The molecule has 6 heteroatoms. The Morgan fingerprint density at radius 2 is 1.82 bits per heavy atom. The second kappa shape index (κ2) is 7.06. The van der Waals surface area contributed by atoms with E-state index in [9.17, 15) is 14.4 Å². The number of piperazine rings is 1. The number of carbonyl (C=O) groups excluding carboxylic acids is 3. The number of nitrogens with zero attached hydrogens (tertiary/aromatic N) is 2. The third-order valence-corrected chi connectivity index (χ3v) is 3.81. The van der Waals surface area contributed by atoms with Crippen LogP contribution in [0.3, 0.4) is 0 Å². The van der Waals surface area contributed by atoms with E-state index < -0.39 is 0 Å². The van der Waals surface area contributed by atoms with Crippen molar-refractivity contribution >= 4 is 17.7 Å². The van der Waals surface area contributed by atoms with Crippen molar-refractivity contribution in [1.29, 1.82) is 0 Å². The highest BCUT2D eigenvalue weighted by molar-refractivity contribution is 5.84. The summed E-state index contributed by atoms with van der Waals surface area (Å²) >= 11 is 0. The first-order valence-electron chi connectivity index (χ1n) is 7.33. The summed E-state index contributed by atoms with van der Waals surface area (Å²) < 4.78 is 0. The molecule has 1 fully saturated rings. The average Bonchev–Trinajstić information content (AvgIpc) is 2.52. The van der Waals surface area contributed by atoms with Gasteiger partial charge in [0.2, 0.25) is 17.7 Å². The van der Waals surface area contributed by atoms with Crippen LogP contribution in [0, 0.1) is 0 Å². The SMILES string of the molecule is CC(=O)NCC(=O)N1CCN(C(C)=O)[C@@H](c2ccccc2)C1. The number of rotatable bonds is 3. The van der Waals surface area contributed by atoms with E-state index in [-0.39, 0.29) is 30.3 Å². The molecule has 3 amide bonds. The average molecular weight is 303 g/mol. The van der Waals surface area contributed by atoms with E-state index in [1.54, 1.807) is 16.7 Å². The second-order valence-corrected chi connectivity index (χ2v) is 5.39. The fraction of sp³-hybridized carbons (Fsp3) is 0.438. The van der Waals surface area contributed by atoms with Crippen molar-refractivity contribution in [2.24, 2.45) is 0 Å². The van der Waals surface area contributed by atoms with Gasteiger partial charge in [-0.25, -0.2) is 0 Å². The van der Waals surface area contributed by atoms with Crippen molar-refractivity contribution < 1.29 is 14.4 Å². The predicted molar refractivity (Wildman–Crippen MR) is 81.8 cm³/mol. The van der Waals surface area contributed by atoms with Crippen LogP contribution in [0.4, 0.5) is 0 Å². The first-order chi connectivity index (χ1) is 10.5. The van der Waals surface area contributed by atoms with E-state index in [0.717, 1.165) is 5.56 Å². The number of amides is 3. The van der Waals surface area contributed by atoms with Crippen LogP contribution in [0.5, 0.6) is 0 Å². The third kappa shape index (κ3) is 3.84. The Bertz CT molecular complexity index is 559. The molecule has 0 radical (unpaired) electrons. The molecule has 118 valence electrons. The van der Waals surface area contributed by atoms with Gasteiger partial charge in [0, 0.05) is 33.5 Å². The molecule has 1 aliphatic heterocycles. The number of nitrogens with one attached hydrogen (secondary N) is 1. The molecule has 1 atom stereocenters. The molecule has 1 saturated heterocycles. The first-order valence-corrected chi connectivity index (χ1v) is 7.33. The lowest BCUT2D eigenvalue weighted by molar-refractivity contribution is -0.141. The van der Waals surface area contributed by atoms with E-state index in [2.05, 4.69) is 5.32 Å². The van der Waals surface area contributed by atoms with Crippen LogP contribution in [-0.2, 0) is 14.4 Å². The molecule has 1 N–H and O–H groups in total. The predicted octanol–water partition coefficient (Wildman–Crippen LogP) is 0.555. The Balaban J connectivity index is 2.11. The molecule has 1 aromatic rings. The van der Waals surface area contributed by atoms with Gasteiger partial charge in [0.25, 0.3) is 0 Å². The Morgan fingerprint density at radius 1 is 1.14 bits per heavy atom. The fourth-order valence-electron chi connectivity index (χ4n) is 2.66. The fourth-order valence-corrected chi connectivity index (χ4v) is 2.66. The Labute approximate surface area is 130 Å². The zero-order valence-electron chi connectivity index (χ0n) is 12.9. The molecule has 0 bridgehead atoms. The van der Waals surface area contributed by atoms with Crippen LogP contribution in [-0.4, -0.2) is 53.7 Å². The molecular weight excluding hydrogens is 282 g/mol. The zero-order chi connectivity index (χ0) is 16.1. The van der Waals surface area contributed by atoms with Gasteiger partial charge < -0.3 is 15.1 Å². The van der Waals surface area contributed by atoms with Gasteiger partial charge in [-0.05, 0) is 5.56 Å². The molecule has 0 aromatic heterocycles. The van der Waals surface area contributed by atoms with Crippen LogP contribution >= 0.6 is 0 Å². The summed E-state index contributed by atoms with van der Waals surface area (Å²) in [7, 11) is 0. The van der Waals surface area contributed by atoms with Crippen LogP contribution < -0.4 is 5.32 Å². The maximum Gasteiger partial charge on any atom is 0.242 e. The first kappa shape index (κ1) is 16.0. The lowest BCUT2D eigenvalue weighted by atomic mass is 10.0. The summed E-state index contributed by atoms with van der Waals surface area (Å²) in [6.45, 7) is 4.36. The molecule has 2 rings (SSSR count). The Kier molecular flexibility index (Phi) is 5.14. The van der Waals surface area contributed by atoms with Crippen LogP contribution in [0.15, 0.2) is 30.3 Å². The summed E-state index contributed by atoms with van der Waals surface area (Å²) in [5.41, 5.74) is 1.01. The van der Waals surface area contributed by atoms with Gasteiger partial charge >= 0.3 is 0 Å². The van der Waals surface area contributed by atoms with Crippen LogP contribution in [0.25, 0.3) is 0 Å². The highest BCUT2D eigenvalue weighted by Crippen LogP contribution is 2.25. The largest absolute Gasteiger partial charge is 0.347 e. The Morgan fingerprint density at radius 3 is 2.41 bits per heavy atom. The molecule has 1 aliphatic rings. The van der Waals surface area contributed by atoms with Gasteiger partial charge in [-0.3, -0.25) is 14.4 Å². The van der Waals surface area contributed by atoms with Gasteiger partial charge in [0.1, 0.15) is 0 Å². The topological polar surface area (TPSA) is 69.7 Å². The number of hydrogen-bond acceptors (Lipinski definition) is 3. The third-order valence-electron chi connectivity index (χ3n) is 3.81. The standard InChI is InChI=1S/C16H21N3O3/c1-12(20)17-10-16(22)18-8-9-19(13(2)21)15(11-18)14-6-4-3-5-7-14/h3-7,15H,8-11H2,1-2H3,(H,17,20)/t15-/m1/s1. The van der Waals surface area contributed by atoms with E-state index >= 15 is 0 Å². The minimum Gasteiger partial charge on any atom is -0.347 e. The lowest BCUT2D eigenvalue weighted by Crippen LogP contribution is -2.53. The molecule has 1 heterocycles. The van der Waals surface area contributed by atoms with Crippen LogP contribution in [0.2, 0.25) is 0 Å². The molecular formula is C16H21N3O3. The van der Waals surface area contributed by atoms with Gasteiger partial charge in [0.05, 0.1) is 12.6 Å². The van der Waals surface area contributed by atoms with Crippen molar-refractivity contribution in [3.63, 3.8) is 0 Å². The van der Waals surface area contributed by atoms with E-state index in [0.29, 0.717) is 19.6 Å². The summed E-state index contributed by atoms with van der Waals surface area (Å²) in [5.74, 6) is -0.350. The second-order valence-electron chi connectivity index (χ2n) is 5.39. The molecule has 6 nitrogen and oxygen atoms in total. The summed E-state index contributed by atoms with van der Waals surface area (Å²) in [6, 6.07) is 9.54. The Hall–Kier alpha value is -2.37. The summed E-state index contributed by atoms with van der Waals surface area (Å²) in [5, 5.41) is 2.52. The monoisotopic (exact) mass is 303 g/mol. The van der Waals surface area contributed by atoms with Crippen molar-refractivity contribution in [3.8, 4) is 0 Å². The van der Waals surface area contributed by atoms with Crippen LogP contribution in [0.1, 0.15) is 25.5 Å². The molecule has 0 saturated carbocycles. The van der Waals surface area contributed by atoms with Crippen molar-refractivity contribution in [2.75, 3.05) is 26.2 Å². The van der Waals surface area contributed by atoms with E-state index in [4.69, 9.17) is 0 Å². The maximum atomic E-state index is 12.2. The van der Waals surface area contributed by atoms with Crippen molar-refractivity contribution in [3.05, 3.63) is 35.9 Å². The molecule has 0 unspecified atom stereocenters. The molecule has 22 heavy (non-hydrogen) atoms. The lowest BCUT2D eigenvalue weighted by Gasteiger charge is -2.41. The maximum absolute atomic E-state index is 12.2. The van der Waals surface area contributed by atoms with Gasteiger partial charge in [-0.15, -0.1) is 0 Å². The van der Waals surface area contributed by atoms with E-state index in [1.807, 2.05) is 30.3 Å². The van der Waals surface area contributed by atoms with Crippen molar-refractivity contribution in [2.45, 2.75) is 19.9 Å². The van der Waals surface area contributed by atoms with E-state index in [1.165, 1.54) is 6.92 Å². The highest BCUT2D eigenvalue weighted by atomic mass is 16.2. The molecule has 0 spiro atoms. The molecule has 0 aliphatic carbocycles. The smallest absolute Gasteiger partial charge is 0.242 e. The number of carbonyl (C=O) groups is 3. The highest BCUT2D eigenvalue weighted by Gasteiger charge is 2.31. The summed E-state index contributed by atoms with van der Waals surface area (Å²) in [4.78, 5) is 38.4. The molecule has 1 aromatic carbocycles. The minimum absolute atomic E-state index is 0.00260. The number of benzene rings is 1. The van der Waals surface area contributed by atoms with Gasteiger partial charge in [-0.1, -0.05) is 30.3 Å². The minimum atomic E-state index is -0.227. The normalized spacial score (nSPS) is 18.0. The van der Waals surface area contributed by atoms with Crippen molar-refractivity contribution in [1.82, 2.24) is 15.1 Å². The zero-order valence-corrected chi connectivity index (χ0v) is 12.9.